The van der Waals surface area contributed by atoms with E-state index in [0.29, 0.717) is 16.4 Å². The van der Waals surface area contributed by atoms with Crippen molar-refractivity contribution in [1.29, 1.82) is 0 Å². The zero-order valence-electron chi connectivity index (χ0n) is 15.1. The van der Waals surface area contributed by atoms with E-state index >= 15 is 0 Å². The molecule has 0 N–H and O–H groups in total. The Balaban J connectivity index is 1.42. The van der Waals surface area contributed by atoms with Gasteiger partial charge in [0, 0.05) is 15.8 Å². The van der Waals surface area contributed by atoms with Gasteiger partial charge in [-0.3, -0.25) is 0 Å². The standard InChI is InChI=1S/C20H19NO4S2/c1-23-15-7-6-13(8-16(15)24-2)19-21-14(11-26-19)10-25-20(22)18-9-12-4-3-5-17(12)27-18/h6-9,11H,3-5,10H2,1-2H3. The summed E-state index contributed by atoms with van der Waals surface area (Å²) in [5.74, 6) is 1.06. The Hall–Kier alpha value is -2.38. The number of fused-ring (bicyclic) bond motifs is 1. The Labute approximate surface area is 165 Å². The zero-order chi connectivity index (χ0) is 18.8. The van der Waals surface area contributed by atoms with Gasteiger partial charge in [0.25, 0.3) is 0 Å². The van der Waals surface area contributed by atoms with Crippen LogP contribution in [0.15, 0.2) is 29.6 Å². The highest BCUT2D eigenvalue weighted by molar-refractivity contribution is 7.14. The van der Waals surface area contributed by atoms with Crippen LogP contribution in [0, 0.1) is 0 Å². The minimum Gasteiger partial charge on any atom is -0.493 e. The summed E-state index contributed by atoms with van der Waals surface area (Å²) in [5.41, 5.74) is 2.98. The normalized spacial score (nSPS) is 12.7. The van der Waals surface area contributed by atoms with Gasteiger partial charge in [-0.2, -0.15) is 0 Å². The fraction of sp³-hybridized carbons (Fsp3) is 0.300. The van der Waals surface area contributed by atoms with E-state index in [1.165, 1.54) is 28.2 Å². The van der Waals surface area contributed by atoms with E-state index in [2.05, 4.69) is 4.98 Å². The Morgan fingerprint density at radius 1 is 1.15 bits per heavy atom. The van der Waals surface area contributed by atoms with Crippen molar-refractivity contribution in [2.24, 2.45) is 0 Å². The second-order valence-electron chi connectivity index (χ2n) is 6.20. The van der Waals surface area contributed by atoms with E-state index in [9.17, 15) is 4.79 Å². The second-order valence-corrected chi connectivity index (χ2v) is 8.20. The second kappa shape index (κ2) is 7.70. The fourth-order valence-electron chi connectivity index (χ4n) is 3.12. The first-order chi connectivity index (χ1) is 13.2. The van der Waals surface area contributed by atoms with Gasteiger partial charge in [-0.05, 0) is 49.1 Å². The lowest BCUT2D eigenvalue weighted by atomic mass is 10.2. The first-order valence-corrected chi connectivity index (χ1v) is 10.3. The van der Waals surface area contributed by atoms with Gasteiger partial charge in [0.2, 0.25) is 0 Å². The number of nitrogens with zero attached hydrogens (tertiary/aromatic N) is 1. The number of aromatic nitrogens is 1. The van der Waals surface area contributed by atoms with Crippen LogP contribution in [0.2, 0.25) is 0 Å². The number of thiazole rings is 1. The highest BCUT2D eigenvalue weighted by Gasteiger charge is 2.19. The molecule has 3 aromatic rings. The van der Waals surface area contributed by atoms with Gasteiger partial charge >= 0.3 is 5.97 Å². The van der Waals surface area contributed by atoms with Crippen molar-refractivity contribution in [3.05, 3.63) is 50.7 Å². The number of methoxy groups -OCH3 is 2. The van der Waals surface area contributed by atoms with Gasteiger partial charge in [0.15, 0.2) is 11.5 Å². The van der Waals surface area contributed by atoms with E-state index in [0.717, 1.165) is 29.1 Å². The van der Waals surface area contributed by atoms with Crippen molar-refractivity contribution in [3.63, 3.8) is 0 Å². The highest BCUT2D eigenvalue weighted by atomic mass is 32.1. The molecule has 1 aromatic carbocycles. The number of aryl methyl sites for hydroxylation is 2. The molecule has 0 fully saturated rings. The summed E-state index contributed by atoms with van der Waals surface area (Å²) < 4.78 is 16.1. The van der Waals surface area contributed by atoms with E-state index in [1.54, 1.807) is 25.6 Å². The SMILES string of the molecule is COc1ccc(-c2nc(COC(=O)c3cc4c(s3)CCC4)cs2)cc1OC. The van der Waals surface area contributed by atoms with Crippen LogP contribution >= 0.6 is 22.7 Å². The van der Waals surface area contributed by atoms with Crippen molar-refractivity contribution in [3.8, 4) is 22.1 Å². The number of esters is 1. The molecule has 4 rings (SSSR count). The van der Waals surface area contributed by atoms with Gasteiger partial charge in [-0.25, -0.2) is 9.78 Å². The van der Waals surface area contributed by atoms with E-state index in [1.807, 2.05) is 29.6 Å². The number of carbonyl (C=O) groups is 1. The number of hydrogen-bond donors (Lipinski definition) is 0. The summed E-state index contributed by atoms with van der Waals surface area (Å²) in [5, 5.41) is 2.75. The predicted molar refractivity (Wildman–Crippen MR) is 106 cm³/mol. The molecule has 7 heteroatoms. The molecule has 140 valence electrons. The molecule has 5 nitrogen and oxygen atoms in total. The Bertz CT molecular complexity index is 955. The molecule has 0 saturated heterocycles. The summed E-state index contributed by atoms with van der Waals surface area (Å²) in [4.78, 5) is 18.9. The third kappa shape index (κ3) is 3.70. The summed E-state index contributed by atoms with van der Waals surface area (Å²) in [6.07, 6.45) is 3.34. The van der Waals surface area contributed by atoms with Gasteiger partial charge in [-0.1, -0.05) is 0 Å². The summed E-state index contributed by atoms with van der Waals surface area (Å²) in [6.45, 7) is 0.172. The van der Waals surface area contributed by atoms with Crippen LogP contribution in [-0.4, -0.2) is 25.2 Å². The van der Waals surface area contributed by atoms with Crippen LogP contribution in [0.1, 0.15) is 32.2 Å². The lowest BCUT2D eigenvalue weighted by molar-refractivity contribution is 0.0474. The number of benzene rings is 1. The highest BCUT2D eigenvalue weighted by Crippen LogP contribution is 2.34. The minimum atomic E-state index is -0.268. The van der Waals surface area contributed by atoms with E-state index < -0.39 is 0 Å². The molecule has 0 saturated carbocycles. The first kappa shape index (κ1) is 18.0. The first-order valence-electron chi connectivity index (χ1n) is 8.63. The largest absolute Gasteiger partial charge is 0.493 e. The molecular weight excluding hydrogens is 382 g/mol. The molecule has 0 amide bonds. The lowest BCUT2D eigenvalue weighted by Crippen LogP contribution is -2.03. The van der Waals surface area contributed by atoms with Gasteiger partial charge in [0.05, 0.1) is 19.9 Å². The Kier molecular flexibility index (Phi) is 5.13. The van der Waals surface area contributed by atoms with Crippen LogP contribution in [0.5, 0.6) is 11.5 Å². The molecule has 2 heterocycles. The lowest BCUT2D eigenvalue weighted by Gasteiger charge is -2.08. The molecule has 0 bridgehead atoms. The monoisotopic (exact) mass is 401 g/mol. The predicted octanol–water partition coefficient (Wildman–Crippen LogP) is 4.73. The van der Waals surface area contributed by atoms with Crippen molar-refractivity contribution in [2.45, 2.75) is 25.9 Å². The number of rotatable bonds is 6. The van der Waals surface area contributed by atoms with Crippen LogP contribution in [0.25, 0.3) is 10.6 Å². The molecular formula is C20H19NO4S2. The molecule has 1 aliphatic carbocycles. The minimum absolute atomic E-state index is 0.172. The quantitative estimate of drug-likeness (QED) is 0.559. The number of carbonyl (C=O) groups excluding carboxylic acids is 1. The average molecular weight is 402 g/mol. The van der Waals surface area contributed by atoms with Crippen LogP contribution in [0.3, 0.4) is 0 Å². The molecule has 1 aliphatic rings. The van der Waals surface area contributed by atoms with Crippen LogP contribution < -0.4 is 9.47 Å². The molecule has 0 aliphatic heterocycles. The van der Waals surface area contributed by atoms with Crippen LogP contribution in [-0.2, 0) is 24.2 Å². The number of hydrogen-bond acceptors (Lipinski definition) is 7. The maximum absolute atomic E-state index is 12.3. The smallest absolute Gasteiger partial charge is 0.348 e. The summed E-state index contributed by atoms with van der Waals surface area (Å²) >= 11 is 3.06. The fourth-order valence-corrected chi connectivity index (χ4v) is 5.06. The zero-order valence-corrected chi connectivity index (χ0v) is 16.7. The third-order valence-electron chi connectivity index (χ3n) is 4.48. The van der Waals surface area contributed by atoms with Crippen molar-refractivity contribution in [1.82, 2.24) is 4.98 Å². The molecule has 2 aromatic heterocycles. The van der Waals surface area contributed by atoms with Crippen molar-refractivity contribution in [2.75, 3.05) is 14.2 Å². The average Bonchev–Trinajstić information content (AvgIpc) is 3.41. The Morgan fingerprint density at radius 3 is 2.78 bits per heavy atom. The van der Waals surface area contributed by atoms with E-state index in [4.69, 9.17) is 14.2 Å². The summed E-state index contributed by atoms with van der Waals surface area (Å²) in [6, 6.07) is 7.65. The Morgan fingerprint density at radius 2 is 2.00 bits per heavy atom. The maximum Gasteiger partial charge on any atom is 0.348 e. The van der Waals surface area contributed by atoms with Gasteiger partial charge in [-0.15, -0.1) is 22.7 Å². The summed E-state index contributed by atoms with van der Waals surface area (Å²) in [7, 11) is 3.21. The third-order valence-corrected chi connectivity index (χ3v) is 6.64. The maximum atomic E-state index is 12.3. The molecule has 27 heavy (non-hydrogen) atoms. The van der Waals surface area contributed by atoms with Crippen molar-refractivity contribution < 1.29 is 19.0 Å². The van der Waals surface area contributed by atoms with Crippen molar-refractivity contribution >= 4 is 28.6 Å². The number of ether oxygens (including phenoxy) is 3. The molecule has 0 radical (unpaired) electrons. The van der Waals surface area contributed by atoms with E-state index in [-0.39, 0.29) is 12.6 Å². The molecule has 0 atom stereocenters. The van der Waals surface area contributed by atoms with Gasteiger partial charge < -0.3 is 14.2 Å². The van der Waals surface area contributed by atoms with Crippen LogP contribution in [0.4, 0.5) is 0 Å². The topological polar surface area (TPSA) is 57.7 Å². The molecule has 0 spiro atoms. The number of thiophene rings is 1. The molecule has 0 unspecified atom stereocenters. The van der Waals surface area contributed by atoms with Gasteiger partial charge in [0.1, 0.15) is 16.5 Å².